The van der Waals surface area contributed by atoms with Crippen LogP contribution in [0.5, 0.6) is 0 Å². The zero-order chi connectivity index (χ0) is 19.8. The van der Waals surface area contributed by atoms with Gasteiger partial charge in [-0.15, -0.1) is 0 Å². The third-order valence-electron chi connectivity index (χ3n) is 7.29. The summed E-state index contributed by atoms with van der Waals surface area (Å²) in [5.74, 6) is 0.495. The number of carbonyl (C=O) groups is 2. The van der Waals surface area contributed by atoms with Crippen molar-refractivity contribution in [3.63, 3.8) is 0 Å². The van der Waals surface area contributed by atoms with E-state index in [4.69, 9.17) is 0 Å². The Kier molecular flexibility index (Phi) is 5.24. The predicted octanol–water partition coefficient (Wildman–Crippen LogP) is 4.53. The molecule has 152 valence electrons. The van der Waals surface area contributed by atoms with Gasteiger partial charge in [-0.25, -0.2) is 0 Å². The van der Waals surface area contributed by atoms with E-state index >= 15 is 0 Å². The first-order valence-electron chi connectivity index (χ1n) is 11.1. The highest BCUT2D eigenvalue weighted by Crippen LogP contribution is 2.76. The first-order chi connectivity index (χ1) is 13.4. The van der Waals surface area contributed by atoms with Crippen LogP contribution in [-0.2, 0) is 9.59 Å². The fraction of sp³-hybridized carbons (Fsp3) is 0.667. The highest BCUT2D eigenvalue weighted by Gasteiger charge is 2.71. The summed E-state index contributed by atoms with van der Waals surface area (Å²) in [5, 5.41) is 2.87. The SMILES string of the molecule is CC(=O)NCCCCCC12CC(C(=O)N3CCCC3c3cccc(C)c3)(C1)C2. The second-order valence-electron chi connectivity index (χ2n) is 9.67. The zero-order valence-corrected chi connectivity index (χ0v) is 17.4. The molecule has 4 aliphatic rings. The van der Waals surface area contributed by atoms with Crippen LogP contribution in [0.2, 0.25) is 0 Å². The molecule has 4 fully saturated rings. The summed E-state index contributed by atoms with van der Waals surface area (Å²) in [5.41, 5.74) is 3.02. The molecular weight excluding hydrogens is 348 g/mol. The number of carbonyl (C=O) groups excluding carboxylic acids is 2. The van der Waals surface area contributed by atoms with Crippen LogP contribution in [0.25, 0.3) is 0 Å². The molecule has 3 saturated carbocycles. The second-order valence-corrected chi connectivity index (χ2v) is 9.67. The minimum atomic E-state index is -0.0252. The number of aryl methyl sites for hydroxylation is 1. The molecule has 1 aromatic rings. The topological polar surface area (TPSA) is 49.4 Å². The second kappa shape index (κ2) is 7.53. The molecule has 3 aliphatic carbocycles. The molecule has 1 aromatic carbocycles. The molecule has 28 heavy (non-hydrogen) atoms. The van der Waals surface area contributed by atoms with Crippen molar-refractivity contribution in [2.45, 2.75) is 77.7 Å². The van der Waals surface area contributed by atoms with E-state index in [1.807, 2.05) is 0 Å². The molecule has 0 aromatic heterocycles. The van der Waals surface area contributed by atoms with Gasteiger partial charge in [0.1, 0.15) is 0 Å². The quantitative estimate of drug-likeness (QED) is 0.672. The van der Waals surface area contributed by atoms with Gasteiger partial charge < -0.3 is 10.2 Å². The van der Waals surface area contributed by atoms with E-state index < -0.39 is 0 Å². The first-order valence-corrected chi connectivity index (χ1v) is 11.1. The van der Waals surface area contributed by atoms with Crippen molar-refractivity contribution in [3.05, 3.63) is 35.4 Å². The molecule has 0 radical (unpaired) electrons. The zero-order valence-electron chi connectivity index (χ0n) is 17.4. The fourth-order valence-corrected chi connectivity index (χ4v) is 6.09. The molecule has 4 heteroatoms. The van der Waals surface area contributed by atoms with Crippen molar-refractivity contribution in [1.82, 2.24) is 10.2 Å². The molecule has 2 bridgehead atoms. The third kappa shape index (κ3) is 3.58. The van der Waals surface area contributed by atoms with Crippen molar-refractivity contribution in [2.75, 3.05) is 13.1 Å². The number of hydrogen-bond acceptors (Lipinski definition) is 2. The van der Waals surface area contributed by atoms with Crippen LogP contribution in [0, 0.1) is 17.8 Å². The Morgan fingerprint density at radius 1 is 1.18 bits per heavy atom. The lowest BCUT2D eigenvalue weighted by Crippen LogP contribution is -2.67. The van der Waals surface area contributed by atoms with Gasteiger partial charge in [0.2, 0.25) is 11.8 Å². The predicted molar refractivity (Wildman–Crippen MR) is 111 cm³/mol. The third-order valence-corrected chi connectivity index (χ3v) is 7.29. The van der Waals surface area contributed by atoms with E-state index in [-0.39, 0.29) is 17.4 Å². The maximum absolute atomic E-state index is 13.4. The van der Waals surface area contributed by atoms with Gasteiger partial charge in [-0.05, 0) is 62.8 Å². The molecule has 1 aliphatic heterocycles. The van der Waals surface area contributed by atoms with Gasteiger partial charge >= 0.3 is 0 Å². The molecular formula is C24H34N2O2. The Balaban J connectivity index is 1.25. The first kappa shape index (κ1) is 19.5. The number of unbranched alkanes of at least 4 members (excludes halogenated alkanes) is 2. The monoisotopic (exact) mass is 382 g/mol. The minimum absolute atomic E-state index is 0.0252. The number of nitrogens with one attached hydrogen (secondary N) is 1. The van der Waals surface area contributed by atoms with Crippen LogP contribution in [-0.4, -0.2) is 29.8 Å². The average molecular weight is 383 g/mol. The molecule has 4 nitrogen and oxygen atoms in total. The van der Waals surface area contributed by atoms with Gasteiger partial charge in [0.15, 0.2) is 0 Å². The summed E-state index contributed by atoms with van der Waals surface area (Å²) in [7, 11) is 0. The van der Waals surface area contributed by atoms with E-state index in [9.17, 15) is 9.59 Å². The fourth-order valence-electron chi connectivity index (χ4n) is 6.09. The van der Waals surface area contributed by atoms with Crippen molar-refractivity contribution < 1.29 is 9.59 Å². The normalized spacial score (nSPS) is 30.5. The summed E-state index contributed by atoms with van der Waals surface area (Å²) >= 11 is 0. The molecule has 1 atom stereocenters. The van der Waals surface area contributed by atoms with E-state index in [1.165, 1.54) is 30.4 Å². The Morgan fingerprint density at radius 3 is 2.68 bits per heavy atom. The van der Waals surface area contributed by atoms with Crippen LogP contribution >= 0.6 is 0 Å². The smallest absolute Gasteiger partial charge is 0.229 e. The largest absolute Gasteiger partial charge is 0.356 e. The van der Waals surface area contributed by atoms with Crippen LogP contribution < -0.4 is 5.32 Å². The highest BCUT2D eigenvalue weighted by atomic mass is 16.2. The van der Waals surface area contributed by atoms with E-state index in [1.54, 1.807) is 6.92 Å². The van der Waals surface area contributed by atoms with Crippen molar-refractivity contribution in [1.29, 1.82) is 0 Å². The van der Waals surface area contributed by atoms with Crippen molar-refractivity contribution in [2.24, 2.45) is 10.8 Å². The molecule has 1 heterocycles. The van der Waals surface area contributed by atoms with Gasteiger partial charge in [-0.3, -0.25) is 9.59 Å². The van der Waals surface area contributed by atoms with Gasteiger partial charge in [0.05, 0.1) is 11.5 Å². The Morgan fingerprint density at radius 2 is 1.96 bits per heavy atom. The van der Waals surface area contributed by atoms with Gasteiger partial charge in [0.25, 0.3) is 0 Å². The molecule has 0 spiro atoms. The number of likely N-dealkylation sites (tertiary alicyclic amines) is 1. The number of benzene rings is 1. The molecule has 1 unspecified atom stereocenters. The van der Waals surface area contributed by atoms with E-state index in [0.29, 0.717) is 11.3 Å². The summed E-state index contributed by atoms with van der Waals surface area (Å²) in [6, 6.07) is 8.97. The van der Waals surface area contributed by atoms with E-state index in [2.05, 4.69) is 41.4 Å². The molecule has 2 amide bonds. The number of rotatable bonds is 8. The molecule has 5 rings (SSSR count). The lowest BCUT2D eigenvalue weighted by atomic mass is 9.33. The van der Waals surface area contributed by atoms with Gasteiger partial charge in [-0.1, -0.05) is 42.7 Å². The van der Waals surface area contributed by atoms with Crippen molar-refractivity contribution in [3.8, 4) is 0 Å². The standard InChI is InChI=1S/C24H34N2O2/c1-18-8-6-9-20(14-18)21-10-7-13-26(21)22(28)24-15-23(16-24,17-24)11-4-3-5-12-25-19(2)27/h6,8-9,14,21H,3-5,7,10-13,15-17H2,1-2H3,(H,25,27). The summed E-state index contributed by atoms with van der Waals surface area (Å²) in [4.78, 5) is 26.5. The lowest BCUT2D eigenvalue weighted by Gasteiger charge is -2.70. The number of nitrogens with zero attached hydrogens (tertiary/aromatic N) is 1. The Labute approximate surface area is 169 Å². The Hall–Kier alpha value is -1.84. The van der Waals surface area contributed by atoms with Gasteiger partial charge in [-0.2, -0.15) is 0 Å². The van der Waals surface area contributed by atoms with Crippen LogP contribution in [0.3, 0.4) is 0 Å². The maximum Gasteiger partial charge on any atom is 0.229 e. The maximum atomic E-state index is 13.4. The van der Waals surface area contributed by atoms with Crippen LogP contribution in [0.4, 0.5) is 0 Å². The minimum Gasteiger partial charge on any atom is -0.356 e. The number of amides is 2. The van der Waals surface area contributed by atoms with Crippen molar-refractivity contribution >= 4 is 11.8 Å². The summed E-state index contributed by atoms with van der Waals surface area (Å²) < 4.78 is 0. The number of hydrogen-bond donors (Lipinski definition) is 1. The summed E-state index contributed by atoms with van der Waals surface area (Å²) in [6.45, 7) is 5.42. The van der Waals surface area contributed by atoms with E-state index in [0.717, 1.165) is 51.6 Å². The highest BCUT2D eigenvalue weighted by molar-refractivity contribution is 5.87. The molecule has 1 N–H and O–H groups in total. The van der Waals surface area contributed by atoms with Gasteiger partial charge in [0, 0.05) is 20.0 Å². The average Bonchev–Trinajstić information content (AvgIpc) is 3.07. The summed E-state index contributed by atoms with van der Waals surface area (Å²) in [6.07, 6.45) is 10.3. The lowest BCUT2D eigenvalue weighted by molar-refractivity contribution is -0.220. The molecule has 1 saturated heterocycles. The Bertz CT molecular complexity index is 737. The van der Waals surface area contributed by atoms with Crippen LogP contribution in [0.1, 0.15) is 81.9 Å². The van der Waals surface area contributed by atoms with Crippen LogP contribution in [0.15, 0.2) is 24.3 Å².